The maximum Gasteiger partial charge on any atom is 0.255 e. The fraction of sp³-hybridized carbons (Fsp3) is 0.300. The monoisotopic (exact) mass is 463 g/mol. The molecule has 31 heavy (non-hydrogen) atoms. The third-order valence-electron chi connectivity index (χ3n) is 5.24. The molecule has 1 fully saturated rings. The van der Waals surface area contributed by atoms with Crippen molar-refractivity contribution >= 4 is 48.9 Å². The van der Waals surface area contributed by atoms with Crippen LogP contribution in [0.2, 0.25) is 0 Å². The van der Waals surface area contributed by atoms with Gasteiger partial charge in [-0.15, -0.1) is 0 Å². The fourth-order valence-corrected chi connectivity index (χ4v) is 6.25. The molecule has 11 heteroatoms. The van der Waals surface area contributed by atoms with Crippen LogP contribution in [0.5, 0.6) is 0 Å². The first kappa shape index (κ1) is 21.3. The molecule has 4 rings (SSSR count). The van der Waals surface area contributed by atoms with Gasteiger partial charge in [-0.3, -0.25) is 13.9 Å². The summed E-state index contributed by atoms with van der Waals surface area (Å²) in [5.41, 5.74) is 2.12. The molecule has 9 nitrogen and oxygen atoms in total. The topological polar surface area (TPSA) is 121 Å². The van der Waals surface area contributed by atoms with Gasteiger partial charge in [-0.25, -0.2) is 21.1 Å². The van der Waals surface area contributed by atoms with Crippen molar-refractivity contribution in [3.63, 3.8) is 0 Å². The Balaban J connectivity index is 1.61. The summed E-state index contributed by atoms with van der Waals surface area (Å²) in [4.78, 5) is 24.8. The highest BCUT2D eigenvalue weighted by Crippen LogP contribution is 2.32. The Morgan fingerprint density at radius 1 is 1.10 bits per heavy atom. The Bertz CT molecular complexity index is 1290. The Hall–Kier alpha value is -2.92. The molecule has 0 spiro atoms. The lowest BCUT2D eigenvalue weighted by Gasteiger charge is -2.29. The lowest BCUT2D eigenvalue weighted by atomic mass is 10.0. The van der Waals surface area contributed by atoms with Crippen molar-refractivity contribution in [2.24, 2.45) is 0 Å². The Morgan fingerprint density at radius 3 is 2.55 bits per heavy atom. The lowest BCUT2D eigenvalue weighted by Crippen LogP contribution is -2.34. The van der Waals surface area contributed by atoms with Gasteiger partial charge < -0.3 is 5.32 Å². The van der Waals surface area contributed by atoms with E-state index < -0.39 is 31.9 Å². The number of nitrogens with one attached hydrogen (secondary N) is 1. The molecule has 164 valence electrons. The van der Waals surface area contributed by atoms with Crippen LogP contribution in [0.25, 0.3) is 0 Å². The van der Waals surface area contributed by atoms with Gasteiger partial charge in [0.1, 0.15) is 0 Å². The van der Waals surface area contributed by atoms with Crippen LogP contribution >= 0.6 is 0 Å². The van der Waals surface area contributed by atoms with E-state index in [0.29, 0.717) is 17.9 Å². The Labute approximate surface area is 180 Å². The number of benzene rings is 2. The van der Waals surface area contributed by atoms with Crippen LogP contribution in [0, 0.1) is 0 Å². The molecule has 2 aliphatic heterocycles. The van der Waals surface area contributed by atoms with Crippen molar-refractivity contribution in [1.29, 1.82) is 0 Å². The molecule has 1 saturated heterocycles. The number of anilines is 3. The lowest BCUT2D eigenvalue weighted by molar-refractivity contribution is -0.116. The number of sulfonamides is 2. The molecule has 0 saturated carbocycles. The smallest absolute Gasteiger partial charge is 0.255 e. The van der Waals surface area contributed by atoms with Gasteiger partial charge in [0, 0.05) is 24.2 Å². The fourth-order valence-electron chi connectivity index (χ4n) is 3.81. The van der Waals surface area contributed by atoms with E-state index in [1.54, 1.807) is 18.2 Å². The standard InChI is InChI=1S/C20H21N3O6S2/c1-30(26,27)22-10-3-5-14-7-8-16(13-18(14)22)21-20(25)15-4-2-6-17(12-15)23-19(24)9-11-31(23,28)29/h2,4,6-8,12-13H,3,5,9-11H2,1H3,(H,21,25). The number of fused-ring (bicyclic) bond motifs is 1. The third kappa shape index (κ3) is 4.15. The SMILES string of the molecule is CS(=O)(=O)N1CCCc2ccc(NC(=O)c3cccc(N4C(=O)CCS4(=O)=O)c3)cc21. The van der Waals surface area contributed by atoms with Crippen LogP contribution < -0.4 is 13.9 Å². The van der Waals surface area contributed by atoms with E-state index in [9.17, 15) is 26.4 Å². The molecule has 0 unspecified atom stereocenters. The number of aryl methyl sites for hydroxylation is 1. The minimum atomic E-state index is -3.73. The number of hydrogen-bond donors (Lipinski definition) is 1. The molecule has 1 N–H and O–H groups in total. The van der Waals surface area contributed by atoms with Crippen LogP contribution in [0.3, 0.4) is 0 Å². The second-order valence-electron chi connectivity index (χ2n) is 7.51. The van der Waals surface area contributed by atoms with Gasteiger partial charge in [-0.1, -0.05) is 12.1 Å². The zero-order chi connectivity index (χ0) is 22.4. The summed E-state index contributed by atoms with van der Waals surface area (Å²) in [6, 6.07) is 10.9. The van der Waals surface area contributed by atoms with Gasteiger partial charge in [-0.05, 0) is 48.7 Å². The van der Waals surface area contributed by atoms with Gasteiger partial charge in [-0.2, -0.15) is 0 Å². The van der Waals surface area contributed by atoms with Crippen molar-refractivity contribution < 1.29 is 26.4 Å². The van der Waals surface area contributed by atoms with E-state index in [-0.39, 0.29) is 23.4 Å². The number of nitrogens with zero attached hydrogens (tertiary/aromatic N) is 2. The number of carbonyl (C=O) groups excluding carboxylic acids is 2. The number of carbonyl (C=O) groups is 2. The van der Waals surface area contributed by atoms with Gasteiger partial charge in [0.2, 0.25) is 26.0 Å². The molecule has 0 bridgehead atoms. The van der Waals surface area contributed by atoms with Gasteiger partial charge in [0.15, 0.2) is 0 Å². The molecule has 0 atom stereocenters. The summed E-state index contributed by atoms with van der Waals surface area (Å²) in [6.07, 6.45) is 2.52. The van der Waals surface area contributed by atoms with E-state index >= 15 is 0 Å². The summed E-state index contributed by atoms with van der Waals surface area (Å²) < 4.78 is 50.5. The summed E-state index contributed by atoms with van der Waals surface area (Å²) >= 11 is 0. The average Bonchev–Trinajstić information content (AvgIpc) is 2.99. The van der Waals surface area contributed by atoms with Crippen LogP contribution in [0.15, 0.2) is 42.5 Å². The summed E-state index contributed by atoms with van der Waals surface area (Å²) in [6.45, 7) is 0.379. The van der Waals surface area contributed by atoms with E-state index in [4.69, 9.17) is 0 Å². The van der Waals surface area contributed by atoms with Crippen LogP contribution in [0.1, 0.15) is 28.8 Å². The molecule has 2 aliphatic rings. The summed E-state index contributed by atoms with van der Waals surface area (Å²) in [5, 5.41) is 2.72. The number of hydrogen-bond acceptors (Lipinski definition) is 6. The van der Waals surface area contributed by atoms with Crippen LogP contribution in [0.4, 0.5) is 17.1 Å². The molecule has 0 aliphatic carbocycles. The van der Waals surface area contributed by atoms with Gasteiger partial charge in [0.05, 0.1) is 23.4 Å². The first-order valence-electron chi connectivity index (χ1n) is 9.64. The molecule has 2 heterocycles. The predicted octanol–water partition coefficient (Wildman–Crippen LogP) is 1.72. The molecule has 2 amide bonds. The average molecular weight is 464 g/mol. The van der Waals surface area contributed by atoms with Crippen molar-refractivity contribution in [1.82, 2.24) is 0 Å². The highest BCUT2D eigenvalue weighted by atomic mass is 32.2. The first-order valence-corrected chi connectivity index (χ1v) is 13.1. The highest BCUT2D eigenvalue weighted by Gasteiger charge is 2.36. The predicted molar refractivity (Wildman–Crippen MR) is 117 cm³/mol. The maximum atomic E-state index is 12.8. The Morgan fingerprint density at radius 2 is 1.87 bits per heavy atom. The zero-order valence-corrected chi connectivity index (χ0v) is 18.4. The van der Waals surface area contributed by atoms with Crippen molar-refractivity contribution in [2.45, 2.75) is 19.3 Å². The zero-order valence-electron chi connectivity index (χ0n) is 16.7. The number of amides is 2. The number of rotatable bonds is 4. The second kappa shape index (κ2) is 7.65. The van der Waals surface area contributed by atoms with Crippen molar-refractivity contribution in [2.75, 3.05) is 32.5 Å². The van der Waals surface area contributed by atoms with E-state index in [0.717, 1.165) is 29.0 Å². The van der Waals surface area contributed by atoms with E-state index in [1.165, 1.54) is 28.6 Å². The molecule has 0 aromatic heterocycles. The second-order valence-corrected chi connectivity index (χ2v) is 11.4. The minimum absolute atomic E-state index is 0.0925. The van der Waals surface area contributed by atoms with Gasteiger partial charge >= 0.3 is 0 Å². The van der Waals surface area contributed by atoms with E-state index in [1.807, 2.05) is 0 Å². The third-order valence-corrected chi connectivity index (χ3v) is 8.11. The molecular weight excluding hydrogens is 442 g/mol. The first-order chi connectivity index (χ1) is 14.6. The molecular formula is C20H21N3O6S2. The minimum Gasteiger partial charge on any atom is -0.322 e. The molecule has 2 aromatic carbocycles. The maximum absolute atomic E-state index is 12.8. The highest BCUT2D eigenvalue weighted by molar-refractivity contribution is 7.94. The normalized spacial score (nSPS) is 18.0. The van der Waals surface area contributed by atoms with Gasteiger partial charge in [0.25, 0.3) is 5.91 Å². The molecule has 2 aromatic rings. The quantitative estimate of drug-likeness (QED) is 0.737. The van der Waals surface area contributed by atoms with Crippen molar-refractivity contribution in [3.05, 3.63) is 53.6 Å². The van der Waals surface area contributed by atoms with Crippen LogP contribution in [-0.2, 0) is 31.3 Å². The summed E-state index contributed by atoms with van der Waals surface area (Å²) in [7, 11) is -7.17. The van der Waals surface area contributed by atoms with E-state index in [2.05, 4.69) is 5.32 Å². The van der Waals surface area contributed by atoms with Crippen molar-refractivity contribution in [3.8, 4) is 0 Å². The molecule has 0 radical (unpaired) electrons. The largest absolute Gasteiger partial charge is 0.322 e. The Kier molecular flexibility index (Phi) is 5.26. The summed E-state index contributed by atoms with van der Waals surface area (Å²) in [5.74, 6) is -1.30. The van der Waals surface area contributed by atoms with Crippen LogP contribution in [-0.4, -0.2) is 47.2 Å².